The van der Waals surface area contributed by atoms with Crippen molar-refractivity contribution >= 4 is 33.8 Å². The number of hydrogen-bond donors (Lipinski definition) is 4. The lowest BCUT2D eigenvalue weighted by atomic mass is 9.96. The number of rotatable bonds is 10. The van der Waals surface area contributed by atoms with Gasteiger partial charge in [0.25, 0.3) is 5.91 Å². The van der Waals surface area contributed by atoms with Gasteiger partial charge < -0.3 is 26.6 Å². The fourth-order valence-corrected chi connectivity index (χ4v) is 4.43. The van der Waals surface area contributed by atoms with Gasteiger partial charge in [-0.15, -0.1) is 11.3 Å². The van der Waals surface area contributed by atoms with E-state index in [1.54, 1.807) is 64.2 Å². The van der Waals surface area contributed by atoms with Crippen LogP contribution in [-0.4, -0.2) is 35.4 Å². The Kier molecular flexibility index (Phi) is 8.57. The monoisotopic (exact) mass is 511 g/mol. The Morgan fingerprint density at radius 2 is 2.03 bits per heavy atom. The Morgan fingerprint density at radius 3 is 2.64 bits per heavy atom. The van der Waals surface area contributed by atoms with E-state index < -0.39 is 17.3 Å². The Labute approximate surface area is 213 Å². The second-order valence-electron chi connectivity index (χ2n) is 8.71. The Bertz CT molecular complexity index is 1310. The molecule has 0 saturated carbocycles. The van der Waals surface area contributed by atoms with Crippen LogP contribution < -0.4 is 16.8 Å². The van der Waals surface area contributed by atoms with E-state index in [4.69, 9.17) is 16.2 Å². The van der Waals surface area contributed by atoms with Gasteiger partial charge in [0.1, 0.15) is 16.6 Å². The topological polar surface area (TPSA) is 136 Å². The molecular formula is C26H30FN5O3S. The summed E-state index contributed by atoms with van der Waals surface area (Å²) in [6.07, 6.45) is 1.74. The zero-order valence-electron chi connectivity index (χ0n) is 20.6. The number of halogens is 1. The summed E-state index contributed by atoms with van der Waals surface area (Å²) < 4.78 is 20.6. The van der Waals surface area contributed by atoms with E-state index in [-0.39, 0.29) is 18.8 Å². The number of aliphatic imine (C=N–C) groups is 1. The van der Waals surface area contributed by atoms with E-state index in [9.17, 15) is 14.3 Å². The number of benzene rings is 1. The van der Waals surface area contributed by atoms with Crippen molar-refractivity contribution in [2.45, 2.75) is 33.0 Å². The normalized spacial score (nSPS) is 12.6. The Morgan fingerprint density at radius 1 is 1.28 bits per heavy atom. The van der Waals surface area contributed by atoms with Gasteiger partial charge >= 0.3 is 0 Å². The third kappa shape index (κ3) is 6.97. The van der Waals surface area contributed by atoms with Gasteiger partial charge in [-0.25, -0.2) is 9.37 Å². The first-order chi connectivity index (χ1) is 17.0. The minimum Gasteiger partial charge on any atom is -0.402 e. The highest BCUT2D eigenvalue weighted by molar-refractivity contribution is 7.19. The number of aromatic nitrogens is 1. The lowest BCUT2D eigenvalue weighted by Crippen LogP contribution is -2.15. The number of thiophene rings is 1. The van der Waals surface area contributed by atoms with Gasteiger partial charge in [-0.2, -0.15) is 0 Å². The first-order valence-electron chi connectivity index (χ1n) is 11.1. The van der Waals surface area contributed by atoms with Gasteiger partial charge in [0.15, 0.2) is 0 Å². The molecule has 1 aromatic carbocycles. The number of hydrogen-bond acceptors (Lipinski definition) is 8. The third-order valence-electron chi connectivity index (χ3n) is 5.17. The maximum Gasteiger partial charge on any atom is 0.251 e. The molecule has 190 valence electrons. The molecule has 3 aromatic rings. The second-order valence-corrected chi connectivity index (χ2v) is 9.76. The summed E-state index contributed by atoms with van der Waals surface area (Å²) in [6.45, 7) is 5.46. The molecule has 8 nitrogen and oxygen atoms in total. The summed E-state index contributed by atoms with van der Waals surface area (Å²) in [7, 11) is 1.67. The van der Waals surface area contributed by atoms with Gasteiger partial charge in [0, 0.05) is 23.2 Å². The molecule has 2 heterocycles. The number of nitrogens with zero attached hydrogens (tertiary/aromatic N) is 2. The van der Waals surface area contributed by atoms with Crippen LogP contribution in [0.2, 0.25) is 0 Å². The fourth-order valence-electron chi connectivity index (χ4n) is 3.33. The van der Waals surface area contributed by atoms with Crippen molar-refractivity contribution in [2.75, 3.05) is 19.0 Å². The van der Waals surface area contributed by atoms with Crippen LogP contribution in [-0.2, 0) is 16.9 Å². The summed E-state index contributed by atoms with van der Waals surface area (Å²) in [5.74, 6) is -0.681. The van der Waals surface area contributed by atoms with Gasteiger partial charge in [-0.05, 0) is 56.7 Å². The maximum absolute atomic E-state index is 14.9. The molecule has 0 bridgehead atoms. The van der Waals surface area contributed by atoms with Crippen molar-refractivity contribution in [1.29, 1.82) is 0 Å². The molecule has 6 N–H and O–H groups in total. The van der Waals surface area contributed by atoms with Crippen molar-refractivity contribution in [1.82, 2.24) is 4.98 Å². The molecule has 10 heteroatoms. The summed E-state index contributed by atoms with van der Waals surface area (Å²) in [6, 6.07) is 11.4. The number of anilines is 2. The molecule has 0 spiro atoms. The van der Waals surface area contributed by atoms with Crippen LogP contribution in [0, 0.1) is 5.82 Å². The molecule has 0 unspecified atom stereocenters. The fraction of sp³-hybridized carbons (Fsp3) is 0.269. The van der Waals surface area contributed by atoms with Crippen molar-refractivity contribution in [3.05, 3.63) is 76.9 Å². The Balaban J connectivity index is 1.80. The molecule has 1 amide bonds. The maximum atomic E-state index is 14.9. The lowest BCUT2D eigenvalue weighted by Gasteiger charge is -2.18. The summed E-state index contributed by atoms with van der Waals surface area (Å²) in [5.41, 5.74) is 13.1. The molecule has 0 aliphatic heterocycles. The van der Waals surface area contributed by atoms with Crippen LogP contribution in [0.5, 0.6) is 0 Å². The van der Waals surface area contributed by atoms with Crippen molar-refractivity contribution in [3.8, 4) is 10.4 Å². The molecule has 0 fully saturated rings. The van der Waals surface area contributed by atoms with E-state index in [2.05, 4.69) is 15.3 Å². The second kappa shape index (κ2) is 11.4. The number of ether oxygens (including phenoxy) is 1. The number of pyridine rings is 1. The number of nitrogens with two attached hydrogens (primary N) is 2. The highest BCUT2D eigenvalue weighted by atomic mass is 32.1. The van der Waals surface area contributed by atoms with E-state index in [1.165, 1.54) is 17.4 Å². The zero-order valence-corrected chi connectivity index (χ0v) is 21.4. The third-order valence-corrected chi connectivity index (χ3v) is 6.25. The molecule has 0 atom stereocenters. The van der Waals surface area contributed by atoms with Gasteiger partial charge in [-0.1, -0.05) is 18.2 Å². The highest BCUT2D eigenvalue weighted by Gasteiger charge is 2.21. The minimum absolute atomic E-state index is 0.220. The Hall–Kier alpha value is -3.60. The smallest absolute Gasteiger partial charge is 0.251 e. The minimum atomic E-state index is -1.18. The van der Waals surface area contributed by atoms with E-state index >= 15 is 0 Å². The van der Waals surface area contributed by atoms with Crippen LogP contribution >= 0.6 is 11.3 Å². The summed E-state index contributed by atoms with van der Waals surface area (Å²) in [5, 5.41) is 13.7. The molecule has 0 aliphatic rings. The van der Waals surface area contributed by atoms with Crippen molar-refractivity contribution in [2.24, 2.45) is 16.5 Å². The predicted molar refractivity (Wildman–Crippen MR) is 142 cm³/mol. The van der Waals surface area contributed by atoms with Gasteiger partial charge in [-0.3, -0.25) is 9.79 Å². The van der Waals surface area contributed by atoms with E-state index in [0.29, 0.717) is 43.9 Å². The van der Waals surface area contributed by atoms with Crippen LogP contribution in [0.1, 0.15) is 42.4 Å². The quantitative estimate of drug-likeness (QED) is 0.297. The highest BCUT2D eigenvalue weighted by Crippen LogP contribution is 2.38. The average molecular weight is 512 g/mol. The molecule has 2 aromatic heterocycles. The molecule has 0 aliphatic carbocycles. The largest absolute Gasteiger partial charge is 0.402 e. The van der Waals surface area contributed by atoms with Crippen LogP contribution in [0.3, 0.4) is 0 Å². The van der Waals surface area contributed by atoms with Gasteiger partial charge in [0.2, 0.25) is 0 Å². The van der Waals surface area contributed by atoms with Crippen LogP contribution in [0.4, 0.5) is 15.2 Å². The van der Waals surface area contributed by atoms with E-state index in [0.717, 1.165) is 0 Å². The standard InChI is InChI=1S/C26H30FN5O3S/c1-15(28)10-18(30-4)14-35-13-17-6-5-7-23(31-17)32-25-20(24(29)33)12-22(36-25)19-9-8-16(11-21(19)27)26(2,3)34/h5-12,34H,13-14,28H2,1-4H3,(H2,29,33)(H,31,32)/b15-10-,30-18?. The molecule has 0 saturated heterocycles. The number of allylic oxidation sites excluding steroid dienone is 1. The van der Waals surface area contributed by atoms with Crippen molar-refractivity contribution in [3.63, 3.8) is 0 Å². The summed E-state index contributed by atoms with van der Waals surface area (Å²) >= 11 is 1.18. The zero-order chi connectivity index (χ0) is 26.5. The molecule has 0 radical (unpaired) electrons. The predicted octanol–water partition coefficient (Wildman–Crippen LogP) is 4.47. The first kappa shape index (κ1) is 27.0. The first-order valence-corrected chi connectivity index (χ1v) is 12.0. The van der Waals surface area contributed by atoms with Crippen LogP contribution in [0.25, 0.3) is 10.4 Å². The van der Waals surface area contributed by atoms with Gasteiger partial charge in [0.05, 0.1) is 35.8 Å². The van der Waals surface area contributed by atoms with Crippen LogP contribution in [0.15, 0.2) is 59.2 Å². The number of amides is 1. The average Bonchev–Trinajstić information content (AvgIpc) is 3.21. The molecule has 36 heavy (non-hydrogen) atoms. The number of carbonyl (C=O) groups is 1. The molecular weight excluding hydrogens is 481 g/mol. The number of carbonyl (C=O) groups excluding carboxylic acids is 1. The summed E-state index contributed by atoms with van der Waals surface area (Å²) in [4.78, 5) is 21.3. The number of nitrogens with one attached hydrogen (secondary N) is 1. The van der Waals surface area contributed by atoms with Crippen molar-refractivity contribution < 1.29 is 19.0 Å². The number of primary amides is 1. The van der Waals surface area contributed by atoms with E-state index in [1.807, 2.05) is 6.07 Å². The SMILES string of the molecule is CN=C(/C=C(/C)N)COCc1cccc(Nc2sc(-c3ccc(C(C)(C)O)cc3F)cc2C(N)=O)n1. The molecule has 3 rings (SSSR count). The number of aliphatic hydroxyl groups is 1. The lowest BCUT2D eigenvalue weighted by molar-refractivity contribution is 0.0782.